The smallest absolute Gasteiger partial charge is 0.147 e. The van der Waals surface area contributed by atoms with Gasteiger partial charge in [0.25, 0.3) is 0 Å². The lowest BCUT2D eigenvalue weighted by molar-refractivity contribution is -0.119. The van der Waals surface area contributed by atoms with Gasteiger partial charge in [-0.15, -0.1) is 0 Å². The summed E-state index contributed by atoms with van der Waals surface area (Å²) in [6, 6.07) is 7.65. The summed E-state index contributed by atoms with van der Waals surface area (Å²) in [6.07, 6.45) is 1.25. The Hall–Kier alpha value is -1.36. The third-order valence-electron chi connectivity index (χ3n) is 2.94. The number of hydrogen-bond acceptors (Lipinski definition) is 4. The molecule has 0 aromatic heterocycles. The highest BCUT2D eigenvalue weighted by atomic mass is 32.2. The number of fused-ring (bicyclic) bond motifs is 1. The van der Waals surface area contributed by atoms with Crippen LogP contribution in [0.4, 0.5) is 5.69 Å². The van der Waals surface area contributed by atoms with Crippen molar-refractivity contribution in [3.05, 3.63) is 29.8 Å². The monoisotopic (exact) mass is 253 g/mol. The lowest BCUT2D eigenvalue weighted by atomic mass is 9.95. The van der Waals surface area contributed by atoms with Gasteiger partial charge in [-0.2, -0.15) is 0 Å². The number of rotatable bonds is 4. The number of hydrogen-bond donors (Lipinski definition) is 1. The summed E-state index contributed by atoms with van der Waals surface area (Å²) in [4.78, 5) is 12.0. The molecule has 0 saturated heterocycles. The Kier molecular flexibility index (Phi) is 3.19. The van der Waals surface area contributed by atoms with E-state index in [0.717, 1.165) is 17.5 Å². The van der Waals surface area contributed by atoms with Crippen LogP contribution < -0.4 is 5.32 Å². The maximum absolute atomic E-state index is 12.0. The quantitative estimate of drug-likeness (QED) is 0.875. The van der Waals surface area contributed by atoms with E-state index in [1.165, 1.54) is 0 Å². The van der Waals surface area contributed by atoms with Crippen molar-refractivity contribution >= 4 is 21.3 Å². The summed E-state index contributed by atoms with van der Waals surface area (Å²) in [6.45, 7) is 0.571. The SMILES string of the molecule is CS(=O)(=O)CCC(=O)C1CNc2ccccc21. The third kappa shape index (κ3) is 2.85. The van der Waals surface area contributed by atoms with Gasteiger partial charge in [0.2, 0.25) is 0 Å². The number of carbonyl (C=O) groups is 1. The van der Waals surface area contributed by atoms with E-state index in [-0.39, 0.29) is 23.9 Å². The van der Waals surface area contributed by atoms with Gasteiger partial charge in [0.15, 0.2) is 0 Å². The zero-order valence-corrected chi connectivity index (χ0v) is 10.5. The molecule has 1 unspecified atom stereocenters. The highest BCUT2D eigenvalue weighted by Gasteiger charge is 2.27. The highest BCUT2D eigenvalue weighted by molar-refractivity contribution is 7.90. The van der Waals surface area contributed by atoms with E-state index in [4.69, 9.17) is 0 Å². The number of benzene rings is 1. The molecule has 0 amide bonds. The summed E-state index contributed by atoms with van der Waals surface area (Å²) in [7, 11) is -3.07. The van der Waals surface area contributed by atoms with Gasteiger partial charge >= 0.3 is 0 Å². The minimum Gasteiger partial charge on any atom is -0.384 e. The van der Waals surface area contributed by atoms with Crippen molar-refractivity contribution < 1.29 is 13.2 Å². The van der Waals surface area contributed by atoms with E-state index in [9.17, 15) is 13.2 Å². The van der Waals surface area contributed by atoms with Gasteiger partial charge in [-0.1, -0.05) is 18.2 Å². The Labute approximate surface area is 101 Å². The number of carbonyl (C=O) groups excluding carboxylic acids is 1. The van der Waals surface area contributed by atoms with Crippen LogP contribution in [-0.2, 0) is 14.6 Å². The molecular formula is C12H15NO3S. The van der Waals surface area contributed by atoms with Crippen LogP contribution in [-0.4, -0.2) is 32.8 Å². The van der Waals surface area contributed by atoms with Crippen molar-refractivity contribution in [3.63, 3.8) is 0 Å². The van der Waals surface area contributed by atoms with Gasteiger partial charge in [0.05, 0.1) is 11.7 Å². The fourth-order valence-electron chi connectivity index (χ4n) is 2.03. The number of sulfone groups is 1. The number of nitrogens with one attached hydrogen (secondary N) is 1. The van der Waals surface area contributed by atoms with Gasteiger partial charge in [0, 0.05) is 24.9 Å². The molecule has 0 radical (unpaired) electrons. The molecule has 0 saturated carbocycles. The van der Waals surface area contributed by atoms with Crippen LogP contribution in [0.5, 0.6) is 0 Å². The normalized spacial score (nSPS) is 18.5. The minimum absolute atomic E-state index is 0.00660. The number of Topliss-reactive ketones (excluding diaryl/α,β-unsaturated/α-hetero) is 1. The van der Waals surface area contributed by atoms with Gasteiger partial charge in [-0.3, -0.25) is 4.79 Å². The molecular weight excluding hydrogens is 238 g/mol. The van der Waals surface area contributed by atoms with Crippen molar-refractivity contribution in [2.75, 3.05) is 23.9 Å². The second-order valence-corrected chi connectivity index (χ2v) is 6.63. The van der Waals surface area contributed by atoms with Crippen LogP contribution in [0.1, 0.15) is 17.9 Å². The molecule has 92 valence electrons. The topological polar surface area (TPSA) is 63.2 Å². The zero-order valence-electron chi connectivity index (χ0n) is 9.64. The van der Waals surface area contributed by atoms with Crippen molar-refractivity contribution in [1.82, 2.24) is 0 Å². The van der Waals surface area contributed by atoms with Crippen LogP contribution in [0.15, 0.2) is 24.3 Å². The molecule has 2 rings (SSSR count). The summed E-state index contributed by atoms with van der Waals surface area (Å²) < 4.78 is 22.1. The van der Waals surface area contributed by atoms with Gasteiger partial charge in [0.1, 0.15) is 15.6 Å². The Morgan fingerprint density at radius 1 is 1.41 bits per heavy atom. The van der Waals surface area contributed by atoms with E-state index in [2.05, 4.69) is 5.32 Å². The lowest BCUT2D eigenvalue weighted by Crippen LogP contribution is -2.18. The zero-order chi connectivity index (χ0) is 12.5. The van der Waals surface area contributed by atoms with Crippen molar-refractivity contribution in [1.29, 1.82) is 0 Å². The molecule has 1 N–H and O–H groups in total. The maximum Gasteiger partial charge on any atom is 0.147 e. The van der Waals surface area contributed by atoms with Crippen LogP contribution >= 0.6 is 0 Å². The van der Waals surface area contributed by atoms with Crippen molar-refractivity contribution in [3.8, 4) is 0 Å². The molecule has 1 atom stereocenters. The fourth-order valence-corrected chi connectivity index (χ4v) is 2.60. The van der Waals surface area contributed by atoms with Crippen LogP contribution in [0.25, 0.3) is 0 Å². The molecule has 0 aliphatic carbocycles. The van der Waals surface area contributed by atoms with E-state index >= 15 is 0 Å². The molecule has 1 aliphatic rings. The van der Waals surface area contributed by atoms with Crippen molar-refractivity contribution in [2.45, 2.75) is 12.3 Å². The summed E-state index contributed by atoms with van der Waals surface area (Å²) >= 11 is 0. The second-order valence-electron chi connectivity index (χ2n) is 4.37. The number of ketones is 1. The number of para-hydroxylation sites is 1. The van der Waals surface area contributed by atoms with E-state index in [0.29, 0.717) is 6.54 Å². The summed E-state index contributed by atoms with van der Waals surface area (Å²) in [5, 5.41) is 3.16. The van der Waals surface area contributed by atoms with Gasteiger partial charge < -0.3 is 5.32 Å². The minimum atomic E-state index is -3.07. The number of anilines is 1. The highest BCUT2D eigenvalue weighted by Crippen LogP contribution is 2.32. The van der Waals surface area contributed by atoms with Crippen LogP contribution in [0.2, 0.25) is 0 Å². The summed E-state index contributed by atoms with van der Waals surface area (Å²) in [5.41, 5.74) is 1.95. The first-order valence-electron chi connectivity index (χ1n) is 5.50. The molecule has 1 heterocycles. The molecule has 1 aromatic rings. The molecule has 4 nitrogen and oxygen atoms in total. The largest absolute Gasteiger partial charge is 0.384 e. The van der Waals surface area contributed by atoms with E-state index in [1.807, 2.05) is 24.3 Å². The molecule has 0 bridgehead atoms. The van der Waals surface area contributed by atoms with Gasteiger partial charge in [-0.05, 0) is 11.6 Å². The van der Waals surface area contributed by atoms with Gasteiger partial charge in [-0.25, -0.2) is 8.42 Å². The Balaban J connectivity index is 2.08. The fraction of sp³-hybridized carbons (Fsp3) is 0.417. The average Bonchev–Trinajstić information content (AvgIpc) is 2.68. The first kappa shape index (κ1) is 12.1. The first-order valence-corrected chi connectivity index (χ1v) is 7.56. The Bertz CT molecular complexity index is 536. The third-order valence-corrected chi connectivity index (χ3v) is 3.89. The first-order chi connectivity index (χ1) is 7.97. The standard InChI is InChI=1S/C12H15NO3S/c1-17(15,16)7-6-12(14)10-8-13-11-5-3-2-4-9(10)11/h2-5,10,13H,6-8H2,1H3. The Morgan fingerprint density at radius 2 is 2.12 bits per heavy atom. The molecule has 0 fully saturated rings. The molecule has 0 spiro atoms. The molecule has 17 heavy (non-hydrogen) atoms. The van der Waals surface area contributed by atoms with E-state index in [1.54, 1.807) is 0 Å². The lowest BCUT2D eigenvalue weighted by Gasteiger charge is -2.08. The van der Waals surface area contributed by atoms with Crippen LogP contribution in [0.3, 0.4) is 0 Å². The molecule has 1 aliphatic heterocycles. The predicted octanol–water partition coefficient (Wildman–Crippen LogP) is 1.20. The van der Waals surface area contributed by atoms with Crippen LogP contribution in [0, 0.1) is 0 Å². The predicted molar refractivity (Wildman–Crippen MR) is 67.0 cm³/mol. The summed E-state index contributed by atoms with van der Waals surface area (Å²) in [5.74, 6) is -0.273. The molecule has 5 heteroatoms. The Morgan fingerprint density at radius 3 is 2.82 bits per heavy atom. The second kappa shape index (κ2) is 4.49. The van der Waals surface area contributed by atoms with Crippen molar-refractivity contribution in [2.24, 2.45) is 0 Å². The maximum atomic E-state index is 12.0. The average molecular weight is 253 g/mol. The van der Waals surface area contributed by atoms with E-state index < -0.39 is 9.84 Å². The molecule has 1 aromatic carbocycles.